The summed E-state index contributed by atoms with van der Waals surface area (Å²) in [7, 11) is 0. The molecule has 0 N–H and O–H groups in total. The second kappa shape index (κ2) is 9.83. The van der Waals surface area contributed by atoms with Gasteiger partial charge in [0.1, 0.15) is 6.61 Å². The number of carbonyl (C=O) groups is 1. The number of carbonyl (C=O) groups excluding carboxylic acids is 1. The summed E-state index contributed by atoms with van der Waals surface area (Å²) in [5.41, 5.74) is 0.992. The number of rotatable bonds is 5. The van der Waals surface area contributed by atoms with Gasteiger partial charge in [-0.15, -0.1) is 0 Å². The van der Waals surface area contributed by atoms with E-state index >= 15 is 0 Å². The van der Waals surface area contributed by atoms with E-state index in [-0.39, 0.29) is 6.61 Å². The topological polar surface area (TPSA) is 26.3 Å². The summed E-state index contributed by atoms with van der Waals surface area (Å²) in [4.78, 5) is 13.4. The number of hydrogen-bond donors (Lipinski definition) is 0. The predicted octanol–water partition coefficient (Wildman–Crippen LogP) is 5.09. The van der Waals surface area contributed by atoms with Gasteiger partial charge in [-0.25, -0.2) is 4.79 Å². The Kier molecular flexibility index (Phi) is 7.99. The summed E-state index contributed by atoms with van der Waals surface area (Å²) in [6, 6.07) is 18.0. The van der Waals surface area contributed by atoms with E-state index in [0.717, 1.165) is 15.4 Å². The van der Waals surface area contributed by atoms with Crippen LogP contribution in [0.5, 0.6) is 0 Å². The Morgan fingerprint density at radius 2 is 1.71 bits per heavy atom. The van der Waals surface area contributed by atoms with E-state index in [9.17, 15) is 4.79 Å². The largest absolute Gasteiger partial charge is 0.458 e. The van der Waals surface area contributed by atoms with Crippen LogP contribution in [0.25, 0.3) is 0 Å². The van der Waals surface area contributed by atoms with Gasteiger partial charge in [-0.3, -0.25) is 0 Å². The summed E-state index contributed by atoms with van der Waals surface area (Å²) in [6.07, 6.45) is 1.17. The molecule has 21 heavy (non-hydrogen) atoms. The highest BCUT2D eigenvalue weighted by atomic mass is 32.2. The van der Waals surface area contributed by atoms with E-state index in [4.69, 9.17) is 4.74 Å². The molecule has 2 rings (SSSR count). The van der Waals surface area contributed by atoms with Crippen molar-refractivity contribution in [2.75, 3.05) is 0 Å². The average molecular weight is 300 g/mol. The zero-order valence-corrected chi connectivity index (χ0v) is 13.2. The fraction of sp³-hybridized carbons (Fsp3) is 0.167. The zero-order chi connectivity index (χ0) is 15.5. The van der Waals surface area contributed by atoms with Crippen LogP contribution in [-0.4, -0.2) is 5.97 Å². The Hall–Kier alpha value is -2.00. The van der Waals surface area contributed by atoms with Crippen LogP contribution in [0.3, 0.4) is 0 Å². The molecule has 0 amide bonds. The molecule has 0 aliphatic heterocycles. The monoisotopic (exact) mass is 300 g/mol. The van der Waals surface area contributed by atoms with Crippen molar-refractivity contribution >= 4 is 17.7 Å². The Balaban J connectivity index is 0.00000106. The van der Waals surface area contributed by atoms with Gasteiger partial charge in [0.15, 0.2) is 0 Å². The zero-order valence-electron chi connectivity index (χ0n) is 12.4. The summed E-state index contributed by atoms with van der Waals surface area (Å²) in [5.74, 6) is -0.403. The standard InChI is InChI=1S/C16H14O2S.C2H6/c1-2-16(17)18-12-13-8-6-7-11-15(13)19-14-9-4-3-5-10-14;1-2/h2-11H,1,12H2;1-2H3. The lowest BCUT2D eigenvalue weighted by Crippen LogP contribution is -2.01. The Bertz CT molecular complexity index is 564. The number of esters is 1. The van der Waals surface area contributed by atoms with Crippen LogP contribution < -0.4 is 0 Å². The maximum Gasteiger partial charge on any atom is 0.330 e. The van der Waals surface area contributed by atoms with Gasteiger partial charge in [0.05, 0.1) is 0 Å². The molecular weight excluding hydrogens is 280 g/mol. The number of hydrogen-bond acceptors (Lipinski definition) is 3. The lowest BCUT2D eigenvalue weighted by atomic mass is 10.2. The molecule has 2 aromatic rings. The second-order valence-electron chi connectivity index (χ2n) is 3.83. The maximum atomic E-state index is 11.1. The van der Waals surface area contributed by atoms with Crippen LogP contribution in [0.15, 0.2) is 77.0 Å². The normalized spacial score (nSPS) is 9.24. The minimum absolute atomic E-state index is 0.265. The molecule has 0 radical (unpaired) electrons. The van der Waals surface area contributed by atoms with Gasteiger partial charge in [-0.05, 0) is 18.2 Å². The van der Waals surface area contributed by atoms with Gasteiger partial charge >= 0.3 is 5.97 Å². The first-order valence-corrected chi connectivity index (χ1v) is 7.71. The van der Waals surface area contributed by atoms with E-state index in [1.54, 1.807) is 11.8 Å². The summed E-state index contributed by atoms with van der Waals surface area (Å²) in [6.45, 7) is 7.65. The van der Waals surface area contributed by atoms with Crippen molar-refractivity contribution in [3.8, 4) is 0 Å². The Morgan fingerprint density at radius 3 is 2.38 bits per heavy atom. The van der Waals surface area contributed by atoms with Crippen molar-refractivity contribution in [1.82, 2.24) is 0 Å². The highest BCUT2D eigenvalue weighted by Crippen LogP contribution is 2.30. The Morgan fingerprint density at radius 1 is 1.10 bits per heavy atom. The summed E-state index contributed by atoms with van der Waals surface area (Å²) >= 11 is 1.66. The first kappa shape index (κ1) is 17.1. The molecule has 0 bridgehead atoms. The number of benzene rings is 2. The van der Waals surface area contributed by atoms with Crippen LogP contribution in [0, 0.1) is 0 Å². The van der Waals surface area contributed by atoms with Crippen molar-refractivity contribution in [1.29, 1.82) is 0 Å². The molecule has 0 aliphatic rings. The van der Waals surface area contributed by atoms with Gasteiger partial charge < -0.3 is 4.74 Å². The molecule has 0 fully saturated rings. The molecule has 2 nitrogen and oxygen atoms in total. The van der Waals surface area contributed by atoms with Crippen molar-refractivity contribution in [3.63, 3.8) is 0 Å². The molecule has 0 saturated heterocycles. The first-order chi connectivity index (χ1) is 10.3. The van der Waals surface area contributed by atoms with Gasteiger partial charge in [0.25, 0.3) is 0 Å². The molecule has 0 atom stereocenters. The van der Waals surface area contributed by atoms with E-state index in [1.807, 2.05) is 56.3 Å². The maximum absolute atomic E-state index is 11.1. The minimum atomic E-state index is -0.403. The van der Waals surface area contributed by atoms with Crippen LogP contribution in [0.2, 0.25) is 0 Å². The molecule has 3 heteroatoms. The minimum Gasteiger partial charge on any atom is -0.458 e. The van der Waals surface area contributed by atoms with Crippen molar-refractivity contribution in [2.24, 2.45) is 0 Å². The van der Waals surface area contributed by atoms with Gasteiger partial charge in [0.2, 0.25) is 0 Å². The third-order valence-corrected chi connectivity index (χ3v) is 3.61. The SMILES string of the molecule is C=CC(=O)OCc1ccccc1Sc1ccccc1.CC. The van der Waals surface area contributed by atoms with Crippen molar-refractivity contribution in [2.45, 2.75) is 30.2 Å². The predicted molar refractivity (Wildman–Crippen MR) is 88.3 cm³/mol. The Labute approximate surface area is 130 Å². The van der Waals surface area contributed by atoms with E-state index in [2.05, 4.69) is 18.7 Å². The molecule has 0 aromatic heterocycles. The molecule has 0 spiro atoms. The van der Waals surface area contributed by atoms with Crippen molar-refractivity contribution < 1.29 is 9.53 Å². The lowest BCUT2D eigenvalue weighted by Gasteiger charge is -2.09. The van der Waals surface area contributed by atoms with E-state index in [0.29, 0.717) is 0 Å². The fourth-order valence-corrected chi connectivity index (χ4v) is 2.50. The molecule has 0 aliphatic carbocycles. The highest BCUT2D eigenvalue weighted by Gasteiger charge is 2.05. The molecular formula is C18H20O2S. The highest BCUT2D eigenvalue weighted by molar-refractivity contribution is 7.99. The molecule has 2 aromatic carbocycles. The third-order valence-electron chi connectivity index (χ3n) is 2.48. The third kappa shape index (κ3) is 5.88. The van der Waals surface area contributed by atoms with Crippen LogP contribution in [-0.2, 0) is 16.1 Å². The van der Waals surface area contributed by atoms with Crippen LogP contribution >= 0.6 is 11.8 Å². The van der Waals surface area contributed by atoms with E-state index < -0.39 is 5.97 Å². The molecule has 110 valence electrons. The van der Waals surface area contributed by atoms with E-state index in [1.165, 1.54) is 6.08 Å². The van der Waals surface area contributed by atoms with Crippen LogP contribution in [0.4, 0.5) is 0 Å². The van der Waals surface area contributed by atoms with Crippen molar-refractivity contribution in [3.05, 3.63) is 72.8 Å². The average Bonchev–Trinajstić information content (AvgIpc) is 2.56. The summed E-state index contributed by atoms with van der Waals surface area (Å²) in [5, 5.41) is 0. The molecule has 0 saturated carbocycles. The quantitative estimate of drug-likeness (QED) is 0.568. The molecule has 0 heterocycles. The lowest BCUT2D eigenvalue weighted by molar-refractivity contribution is -0.139. The number of ether oxygens (including phenoxy) is 1. The molecule has 0 unspecified atom stereocenters. The van der Waals surface area contributed by atoms with Gasteiger partial charge in [0, 0.05) is 21.4 Å². The second-order valence-corrected chi connectivity index (χ2v) is 4.95. The first-order valence-electron chi connectivity index (χ1n) is 6.89. The van der Waals surface area contributed by atoms with Crippen LogP contribution in [0.1, 0.15) is 19.4 Å². The fourth-order valence-electron chi connectivity index (χ4n) is 1.55. The smallest absolute Gasteiger partial charge is 0.330 e. The summed E-state index contributed by atoms with van der Waals surface area (Å²) < 4.78 is 5.09. The van der Waals surface area contributed by atoms with Gasteiger partial charge in [-0.1, -0.05) is 68.6 Å². The van der Waals surface area contributed by atoms with Gasteiger partial charge in [-0.2, -0.15) is 0 Å².